The van der Waals surface area contributed by atoms with Crippen LogP contribution in [0.5, 0.6) is 0 Å². The molecule has 0 N–H and O–H groups in total. The predicted octanol–water partition coefficient (Wildman–Crippen LogP) is 3.91. The molecule has 1 heterocycles. The fourth-order valence-electron chi connectivity index (χ4n) is 2.86. The third-order valence-electron chi connectivity index (χ3n) is 4.04. The van der Waals surface area contributed by atoms with Gasteiger partial charge < -0.3 is 0 Å². The first-order valence-corrected chi connectivity index (χ1v) is 9.48. The Kier molecular flexibility index (Phi) is 4.59. The minimum atomic E-state index is -1.01. The topological polar surface area (TPSA) is 17.8 Å². The van der Waals surface area contributed by atoms with Gasteiger partial charge >= 0.3 is 0 Å². The van der Waals surface area contributed by atoms with Crippen LogP contribution in [0.4, 0.5) is 8.78 Å². The Bertz CT molecular complexity index is 977. The molecule has 4 rings (SSSR count). The molecule has 0 bridgehead atoms. The number of imidazole rings is 1. The Morgan fingerprint density at radius 3 is 1.96 bits per heavy atom. The van der Waals surface area contributed by atoms with Crippen LogP contribution < -0.4 is 16.2 Å². The van der Waals surface area contributed by atoms with Gasteiger partial charge in [0.1, 0.15) is 5.57 Å². The highest BCUT2D eigenvalue weighted by atomic mass is 31.1. The van der Waals surface area contributed by atoms with E-state index in [1.807, 2.05) is 60.7 Å². The molecule has 0 unspecified atom stereocenters. The molecule has 4 aromatic rings. The van der Waals surface area contributed by atoms with Crippen LogP contribution in [0.3, 0.4) is 0 Å². The second-order valence-electron chi connectivity index (χ2n) is 5.68. The van der Waals surface area contributed by atoms with Crippen LogP contribution >= 0.6 is 7.92 Å². The third kappa shape index (κ3) is 3.04. The van der Waals surface area contributed by atoms with Crippen molar-refractivity contribution in [2.75, 3.05) is 0 Å². The van der Waals surface area contributed by atoms with Gasteiger partial charge in [0.15, 0.2) is 11.6 Å². The van der Waals surface area contributed by atoms with Gasteiger partial charge in [-0.3, -0.25) is 4.57 Å². The highest BCUT2D eigenvalue weighted by Crippen LogP contribution is 2.33. The number of benzene rings is 3. The van der Waals surface area contributed by atoms with Gasteiger partial charge in [0.05, 0.1) is 5.69 Å². The zero-order valence-corrected chi connectivity index (χ0v) is 14.7. The van der Waals surface area contributed by atoms with Gasteiger partial charge in [-0.15, -0.1) is 0 Å². The van der Waals surface area contributed by atoms with E-state index in [2.05, 4.69) is 4.98 Å². The first kappa shape index (κ1) is 16.6. The lowest BCUT2D eigenvalue weighted by molar-refractivity contribution is 0.505. The normalized spacial score (nSPS) is 11.0. The SMILES string of the molecule is Fc1cccc(-n2ccnc2P(c2ccccc2)c2ccccc2)c1F. The molecule has 0 amide bonds. The lowest BCUT2D eigenvalue weighted by atomic mass is 10.3. The van der Waals surface area contributed by atoms with Crippen molar-refractivity contribution in [3.8, 4) is 5.69 Å². The smallest absolute Gasteiger partial charge is 0.182 e. The minimum Gasteiger partial charge on any atom is -0.297 e. The van der Waals surface area contributed by atoms with Gasteiger partial charge in [-0.05, 0) is 22.7 Å². The molecule has 26 heavy (non-hydrogen) atoms. The molecular weight excluding hydrogens is 349 g/mol. The van der Waals surface area contributed by atoms with Gasteiger partial charge in [0.25, 0.3) is 0 Å². The number of hydrogen-bond acceptors (Lipinski definition) is 1. The first-order chi connectivity index (χ1) is 12.8. The Morgan fingerprint density at radius 1 is 0.731 bits per heavy atom. The maximum atomic E-state index is 14.4. The average molecular weight is 364 g/mol. The Labute approximate surface area is 151 Å². The van der Waals surface area contributed by atoms with Crippen LogP contribution in [0.1, 0.15) is 0 Å². The molecule has 0 atom stereocenters. The fraction of sp³-hybridized carbons (Fsp3) is 0. The Hall–Kier alpha value is -2.84. The number of hydrogen-bond donors (Lipinski definition) is 0. The molecule has 0 aliphatic carbocycles. The van der Waals surface area contributed by atoms with Crippen molar-refractivity contribution in [2.24, 2.45) is 0 Å². The summed E-state index contributed by atoms with van der Waals surface area (Å²) in [5.74, 6) is -1.74. The van der Waals surface area contributed by atoms with Crippen molar-refractivity contribution in [3.63, 3.8) is 0 Å². The van der Waals surface area contributed by atoms with Crippen LogP contribution in [0, 0.1) is 11.6 Å². The maximum Gasteiger partial charge on any atom is 0.182 e. The molecular formula is C21H15F2N2P. The summed E-state index contributed by atoms with van der Waals surface area (Å²) in [6, 6.07) is 24.2. The molecule has 128 valence electrons. The standard InChI is InChI=1S/C21H15F2N2P/c22-18-12-7-13-19(20(18)23)25-15-14-24-21(25)26(16-8-3-1-4-9-16)17-10-5-2-6-11-17/h1-15H. The quantitative estimate of drug-likeness (QED) is 0.502. The van der Waals surface area contributed by atoms with Crippen molar-refractivity contribution >= 4 is 24.1 Å². The second-order valence-corrected chi connectivity index (χ2v) is 7.78. The molecule has 0 saturated carbocycles. The molecule has 0 fully saturated rings. The van der Waals surface area contributed by atoms with Crippen molar-refractivity contribution in [1.29, 1.82) is 0 Å². The first-order valence-electron chi connectivity index (χ1n) is 8.13. The van der Waals surface area contributed by atoms with E-state index >= 15 is 0 Å². The summed E-state index contributed by atoms with van der Waals surface area (Å²) in [5, 5.41) is 2.19. The third-order valence-corrected chi connectivity index (χ3v) is 6.40. The number of halogens is 2. The van der Waals surface area contributed by atoms with E-state index in [4.69, 9.17) is 0 Å². The zero-order valence-electron chi connectivity index (χ0n) is 13.8. The summed E-state index contributed by atoms with van der Waals surface area (Å²) in [4.78, 5) is 4.52. The van der Waals surface area contributed by atoms with E-state index < -0.39 is 19.6 Å². The van der Waals surface area contributed by atoms with Gasteiger partial charge in [-0.25, -0.2) is 13.8 Å². The van der Waals surface area contributed by atoms with E-state index in [1.165, 1.54) is 6.07 Å². The van der Waals surface area contributed by atoms with Gasteiger partial charge in [0, 0.05) is 20.3 Å². The summed E-state index contributed by atoms with van der Waals surface area (Å²) in [6.45, 7) is 0. The molecule has 2 nitrogen and oxygen atoms in total. The van der Waals surface area contributed by atoms with Crippen molar-refractivity contribution in [3.05, 3.63) is 103 Å². The van der Waals surface area contributed by atoms with Gasteiger partial charge in [0.2, 0.25) is 0 Å². The van der Waals surface area contributed by atoms with Gasteiger partial charge in [-0.2, -0.15) is 0 Å². The van der Waals surface area contributed by atoms with Crippen molar-refractivity contribution < 1.29 is 8.78 Å². The monoisotopic (exact) mass is 364 g/mol. The molecule has 0 radical (unpaired) electrons. The number of nitrogens with zero attached hydrogens (tertiary/aromatic N) is 2. The maximum absolute atomic E-state index is 14.4. The highest BCUT2D eigenvalue weighted by molar-refractivity contribution is 7.79. The van der Waals surface area contributed by atoms with Gasteiger partial charge in [-0.1, -0.05) is 66.7 Å². The Balaban J connectivity index is 1.92. The van der Waals surface area contributed by atoms with E-state index in [9.17, 15) is 8.78 Å². The van der Waals surface area contributed by atoms with Crippen LogP contribution in [-0.2, 0) is 0 Å². The number of aromatic nitrogens is 2. The predicted molar refractivity (Wildman–Crippen MR) is 102 cm³/mol. The second kappa shape index (κ2) is 7.19. The molecule has 5 heteroatoms. The molecule has 0 spiro atoms. The summed E-state index contributed by atoms with van der Waals surface area (Å²) in [7, 11) is -1.01. The molecule has 0 aliphatic heterocycles. The van der Waals surface area contributed by atoms with E-state index in [0.29, 0.717) is 5.57 Å². The van der Waals surface area contributed by atoms with E-state index in [-0.39, 0.29) is 5.69 Å². The number of rotatable bonds is 4. The summed E-state index contributed by atoms with van der Waals surface area (Å²) in [5.41, 5.74) is 0.860. The van der Waals surface area contributed by atoms with E-state index in [0.717, 1.165) is 16.7 Å². The lowest BCUT2D eigenvalue weighted by Gasteiger charge is -2.20. The summed E-state index contributed by atoms with van der Waals surface area (Å²) in [6.07, 6.45) is 3.30. The van der Waals surface area contributed by atoms with E-state index in [1.54, 1.807) is 23.0 Å². The van der Waals surface area contributed by atoms with Crippen LogP contribution in [0.2, 0.25) is 0 Å². The molecule has 0 aliphatic rings. The molecule has 3 aromatic carbocycles. The highest BCUT2D eigenvalue weighted by Gasteiger charge is 2.23. The van der Waals surface area contributed by atoms with Crippen LogP contribution in [0.15, 0.2) is 91.3 Å². The lowest BCUT2D eigenvalue weighted by Crippen LogP contribution is -2.27. The summed E-state index contributed by atoms with van der Waals surface area (Å²) < 4.78 is 29.8. The largest absolute Gasteiger partial charge is 0.297 e. The van der Waals surface area contributed by atoms with Crippen LogP contribution in [0.25, 0.3) is 5.69 Å². The van der Waals surface area contributed by atoms with Crippen LogP contribution in [-0.4, -0.2) is 9.55 Å². The van der Waals surface area contributed by atoms with Crippen molar-refractivity contribution in [1.82, 2.24) is 9.55 Å². The molecule has 0 saturated heterocycles. The fourth-order valence-corrected chi connectivity index (χ4v) is 5.13. The Morgan fingerprint density at radius 2 is 1.35 bits per heavy atom. The van der Waals surface area contributed by atoms with Crippen molar-refractivity contribution in [2.45, 2.75) is 0 Å². The minimum absolute atomic E-state index is 0.164. The average Bonchev–Trinajstić information content (AvgIpc) is 3.15. The summed E-state index contributed by atoms with van der Waals surface area (Å²) >= 11 is 0. The zero-order chi connectivity index (χ0) is 17.9. The molecule has 1 aromatic heterocycles.